The summed E-state index contributed by atoms with van der Waals surface area (Å²) in [5, 5.41) is 8.16. The van der Waals surface area contributed by atoms with E-state index in [0.717, 1.165) is 41.3 Å². The fourth-order valence-electron chi connectivity index (χ4n) is 2.89. The first kappa shape index (κ1) is 11.4. The van der Waals surface area contributed by atoms with Crippen molar-refractivity contribution in [3.8, 4) is 0 Å². The molecule has 2 aromatic rings. The van der Waals surface area contributed by atoms with Crippen molar-refractivity contribution in [3.63, 3.8) is 0 Å². The quantitative estimate of drug-likeness (QED) is 0.799. The number of aromatic nitrogens is 2. The molecule has 4 nitrogen and oxygen atoms in total. The fourth-order valence-corrected chi connectivity index (χ4v) is 2.89. The van der Waals surface area contributed by atoms with Gasteiger partial charge in [0.1, 0.15) is 0 Å². The van der Waals surface area contributed by atoms with Crippen molar-refractivity contribution in [3.05, 3.63) is 18.3 Å². The van der Waals surface area contributed by atoms with Crippen LogP contribution in [0.2, 0.25) is 0 Å². The normalized spacial score (nSPS) is 20.5. The van der Waals surface area contributed by atoms with E-state index < -0.39 is 0 Å². The van der Waals surface area contributed by atoms with Gasteiger partial charge in [-0.25, -0.2) is 0 Å². The van der Waals surface area contributed by atoms with Crippen molar-refractivity contribution in [2.75, 3.05) is 23.7 Å². The molecule has 3 rings (SSSR count). The summed E-state index contributed by atoms with van der Waals surface area (Å²) in [6.45, 7) is 4.51. The second-order valence-electron chi connectivity index (χ2n) is 5.23. The molecule has 0 aliphatic carbocycles. The largest absolute Gasteiger partial charge is 0.397 e. The van der Waals surface area contributed by atoms with E-state index in [1.807, 2.05) is 12.3 Å². The molecule has 96 valence electrons. The Hall–Kier alpha value is -1.71. The number of anilines is 2. The summed E-state index contributed by atoms with van der Waals surface area (Å²) in [5.74, 6) is 0.801. The molecule has 3 N–H and O–H groups in total. The number of piperidine rings is 1. The van der Waals surface area contributed by atoms with Gasteiger partial charge < -0.3 is 10.6 Å². The van der Waals surface area contributed by atoms with Gasteiger partial charge in [-0.15, -0.1) is 0 Å². The number of benzene rings is 1. The summed E-state index contributed by atoms with van der Waals surface area (Å²) in [5.41, 5.74) is 9.27. The minimum absolute atomic E-state index is 0.801. The molecule has 1 saturated heterocycles. The van der Waals surface area contributed by atoms with Gasteiger partial charge in [-0.1, -0.05) is 13.3 Å². The lowest BCUT2D eigenvalue weighted by Gasteiger charge is -2.34. The number of nitrogens with zero attached hydrogens (tertiary/aromatic N) is 2. The highest BCUT2D eigenvalue weighted by Crippen LogP contribution is 2.32. The highest BCUT2D eigenvalue weighted by Gasteiger charge is 2.20. The summed E-state index contributed by atoms with van der Waals surface area (Å²) >= 11 is 0. The number of aromatic amines is 1. The monoisotopic (exact) mass is 244 g/mol. The number of nitrogens with one attached hydrogen (secondary N) is 1. The van der Waals surface area contributed by atoms with Crippen LogP contribution in [0.4, 0.5) is 11.4 Å². The van der Waals surface area contributed by atoms with E-state index >= 15 is 0 Å². The molecule has 1 aliphatic heterocycles. The van der Waals surface area contributed by atoms with Crippen LogP contribution in [0.1, 0.15) is 26.2 Å². The van der Waals surface area contributed by atoms with Gasteiger partial charge in [-0.05, 0) is 30.9 Å². The maximum absolute atomic E-state index is 6.18. The zero-order valence-corrected chi connectivity index (χ0v) is 10.8. The van der Waals surface area contributed by atoms with E-state index in [2.05, 4.69) is 28.1 Å². The molecule has 1 aromatic heterocycles. The number of hydrogen-bond donors (Lipinski definition) is 2. The number of nitrogens with two attached hydrogens (primary N) is 1. The summed E-state index contributed by atoms with van der Waals surface area (Å²) in [6.07, 6.45) is 5.68. The molecule has 18 heavy (non-hydrogen) atoms. The molecule has 1 aromatic carbocycles. The first-order valence-corrected chi connectivity index (χ1v) is 6.75. The highest BCUT2D eigenvalue weighted by molar-refractivity contribution is 5.88. The first-order chi connectivity index (χ1) is 8.78. The van der Waals surface area contributed by atoms with E-state index in [4.69, 9.17) is 5.73 Å². The number of hydrogen-bond acceptors (Lipinski definition) is 3. The van der Waals surface area contributed by atoms with Gasteiger partial charge in [-0.2, -0.15) is 5.10 Å². The molecule has 0 spiro atoms. The molecule has 0 radical (unpaired) electrons. The van der Waals surface area contributed by atoms with Crippen LogP contribution in [0.5, 0.6) is 0 Å². The molecule has 1 fully saturated rings. The van der Waals surface area contributed by atoms with Crippen molar-refractivity contribution < 1.29 is 0 Å². The van der Waals surface area contributed by atoms with Gasteiger partial charge in [0, 0.05) is 18.5 Å². The van der Waals surface area contributed by atoms with Crippen molar-refractivity contribution in [1.29, 1.82) is 0 Å². The SMILES string of the molecule is CCC1CCCN(c2cc3[nH]ncc3cc2N)C1. The Bertz CT molecular complexity index is 546. The summed E-state index contributed by atoms with van der Waals surface area (Å²) < 4.78 is 0. The maximum atomic E-state index is 6.18. The van der Waals surface area contributed by atoms with E-state index in [1.54, 1.807) is 0 Å². The van der Waals surface area contributed by atoms with E-state index in [1.165, 1.54) is 19.3 Å². The van der Waals surface area contributed by atoms with Crippen LogP contribution < -0.4 is 10.6 Å². The Labute approximate surface area is 107 Å². The minimum atomic E-state index is 0.801. The summed E-state index contributed by atoms with van der Waals surface area (Å²) in [4.78, 5) is 2.42. The van der Waals surface area contributed by atoms with E-state index in [0.29, 0.717) is 0 Å². The van der Waals surface area contributed by atoms with Crippen molar-refractivity contribution in [2.24, 2.45) is 5.92 Å². The van der Waals surface area contributed by atoms with Gasteiger partial charge in [0.15, 0.2) is 0 Å². The zero-order valence-electron chi connectivity index (χ0n) is 10.8. The van der Waals surface area contributed by atoms with Gasteiger partial charge in [0.05, 0.1) is 23.1 Å². The predicted octanol–water partition coefficient (Wildman–Crippen LogP) is 2.77. The maximum Gasteiger partial charge on any atom is 0.0672 e. The first-order valence-electron chi connectivity index (χ1n) is 6.75. The average Bonchev–Trinajstić information content (AvgIpc) is 2.85. The number of nitrogen functional groups attached to an aromatic ring is 1. The molecule has 4 heteroatoms. The van der Waals surface area contributed by atoms with Crippen molar-refractivity contribution in [2.45, 2.75) is 26.2 Å². The van der Waals surface area contributed by atoms with Crippen LogP contribution in [0.15, 0.2) is 18.3 Å². The molecule has 0 saturated carbocycles. The third-order valence-corrected chi connectivity index (χ3v) is 4.02. The third-order valence-electron chi connectivity index (χ3n) is 4.02. The topological polar surface area (TPSA) is 57.9 Å². The van der Waals surface area contributed by atoms with Crippen molar-refractivity contribution in [1.82, 2.24) is 10.2 Å². The van der Waals surface area contributed by atoms with Crippen LogP contribution in [-0.4, -0.2) is 23.3 Å². The summed E-state index contributed by atoms with van der Waals surface area (Å²) in [6, 6.07) is 4.15. The molecule has 2 heterocycles. The number of fused-ring (bicyclic) bond motifs is 1. The lowest BCUT2D eigenvalue weighted by Crippen LogP contribution is -2.35. The Kier molecular flexibility index (Phi) is 2.86. The molecular weight excluding hydrogens is 224 g/mol. The minimum Gasteiger partial charge on any atom is -0.397 e. The summed E-state index contributed by atoms with van der Waals surface area (Å²) in [7, 11) is 0. The average molecular weight is 244 g/mol. The fraction of sp³-hybridized carbons (Fsp3) is 0.500. The van der Waals surface area contributed by atoms with Crippen LogP contribution in [0.3, 0.4) is 0 Å². The molecular formula is C14H20N4. The van der Waals surface area contributed by atoms with Crippen LogP contribution in [0.25, 0.3) is 10.9 Å². The molecule has 0 bridgehead atoms. The van der Waals surface area contributed by atoms with Crippen LogP contribution in [-0.2, 0) is 0 Å². The second kappa shape index (κ2) is 4.52. The van der Waals surface area contributed by atoms with Crippen LogP contribution >= 0.6 is 0 Å². The van der Waals surface area contributed by atoms with Gasteiger partial charge in [-0.3, -0.25) is 5.10 Å². The molecule has 1 atom stereocenters. The van der Waals surface area contributed by atoms with Gasteiger partial charge in [0.25, 0.3) is 0 Å². The van der Waals surface area contributed by atoms with Gasteiger partial charge >= 0.3 is 0 Å². The van der Waals surface area contributed by atoms with Crippen LogP contribution in [0, 0.1) is 5.92 Å². The molecule has 0 amide bonds. The predicted molar refractivity (Wildman–Crippen MR) is 75.7 cm³/mol. The Balaban J connectivity index is 1.94. The Morgan fingerprint density at radius 3 is 3.22 bits per heavy atom. The smallest absolute Gasteiger partial charge is 0.0672 e. The Morgan fingerprint density at radius 2 is 2.39 bits per heavy atom. The zero-order chi connectivity index (χ0) is 12.5. The van der Waals surface area contributed by atoms with Crippen molar-refractivity contribution >= 4 is 22.3 Å². The number of H-pyrrole nitrogens is 1. The lowest BCUT2D eigenvalue weighted by molar-refractivity contribution is 0.405. The Morgan fingerprint density at radius 1 is 1.50 bits per heavy atom. The van der Waals surface area contributed by atoms with Gasteiger partial charge in [0.2, 0.25) is 0 Å². The third kappa shape index (κ3) is 1.92. The standard InChI is InChI=1S/C14H20N4/c1-2-10-4-3-5-18(9-10)14-7-13-11(6-12(14)15)8-16-17-13/h6-8,10H,2-5,9,15H2,1H3,(H,16,17). The number of rotatable bonds is 2. The molecule has 1 unspecified atom stereocenters. The lowest BCUT2D eigenvalue weighted by atomic mass is 9.95. The van der Waals surface area contributed by atoms with E-state index in [-0.39, 0.29) is 0 Å². The second-order valence-corrected chi connectivity index (χ2v) is 5.23. The van der Waals surface area contributed by atoms with E-state index in [9.17, 15) is 0 Å². The molecule has 1 aliphatic rings. The highest BCUT2D eigenvalue weighted by atomic mass is 15.2.